The predicted octanol–water partition coefficient (Wildman–Crippen LogP) is 1.13. The summed E-state index contributed by atoms with van der Waals surface area (Å²) in [5, 5.41) is 0. The fraction of sp³-hybridized carbons (Fsp3) is 0.250. The molecular weight excluding hydrogens is 136 g/mol. The Balaban J connectivity index is 0.000000640. The number of hydrogen-bond donors (Lipinski definition) is 0. The molecule has 45 valence electrons. The van der Waals surface area contributed by atoms with E-state index < -0.39 is 0 Å². The molecule has 0 aliphatic carbocycles. The molecule has 0 aromatic heterocycles. The van der Waals surface area contributed by atoms with E-state index in [-0.39, 0.29) is 37.7 Å². The molecule has 0 saturated carbocycles. The van der Waals surface area contributed by atoms with Gasteiger partial charge in [-0.3, -0.25) is 0 Å². The van der Waals surface area contributed by atoms with E-state index in [1.54, 1.807) is 0 Å². The third-order valence-electron chi connectivity index (χ3n) is 1.20. The molecule has 9 heavy (non-hydrogen) atoms. The Bertz CT molecular complexity index is 146. The van der Waals surface area contributed by atoms with Gasteiger partial charge in [0.05, 0.1) is 0 Å². The molecule has 0 aliphatic rings. The van der Waals surface area contributed by atoms with Gasteiger partial charge in [0, 0.05) is 0 Å². The second-order valence-corrected chi connectivity index (χ2v) is 1.76. The summed E-state index contributed by atoms with van der Waals surface area (Å²) in [5.74, 6) is 0. The van der Waals surface area contributed by atoms with Gasteiger partial charge in [0.1, 0.15) is 0 Å². The summed E-state index contributed by atoms with van der Waals surface area (Å²) in [6, 6.07) is 11.0. The van der Waals surface area contributed by atoms with Gasteiger partial charge in [-0.05, 0) is 18.1 Å². The average Bonchev–Trinajstić information content (AvgIpc) is 1.90. The molecule has 0 amide bonds. The first-order chi connectivity index (χ1) is 3.93. The van der Waals surface area contributed by atoms with Gasteiger partial charge in [0.25, 0.3) is 0 Å². The van der Waals surface area contributed by atoms with E-state index >= 15 is 0 Å². The van der Waals surface area contributed by atoms with Crippen LogP contribution in [0, 0.1) is 6.07 Å². The summed E-state index contributed by atoms with van der Waals surface area (Å²) in [5.41, 5.74) is 1.38. The van der Waals surface area contributed by atoms with Crippen LogP contribution in [0.25, 0.3) is 0 Å². The Morgan fingerprint density at radius 3 is 2.22 bits per heavy atom. The molecule has 0 bridgehead atoms. The molecule has 0 heterocycles. The molecule has 1 rings (SSSR count). The molecule has 0 fully saturated rings. The van der Waals surface area contributed by atoms with Crippen molar-refractivity contribution in [2.75, 3.05) is 0 Å². The molecule has 1 heteroatoms. The second kappa shape index (κ2) is 5.28. The van der Waals surface area contributed by atoms with Crippen molar-refractivity contribution in [1.82, 2.24) is 0 Å². The van der Waals surface area contributed by atoms with Gasteiger partial charge in [-0.1, -0.05) is 31.2 Å². The Morgan fingerprint density at radius 1 is 1.33 bits per heavy atom. The minimum atomic E-state index is 0. The predicted molar refractivity (Wildman–Crippen MR) is 43.2 cm³/mol. The van der Waals surface area contributed by atoms with Gasteiger partial charge < -0.3 is 0 Å². The van der Waals surface area contributed by atoms with E-state index in [1.807, 2.05) is 12.1 Å². The third kappa shape index (κ3) is 3.24. The molecule has 0 N–H and O–H groups in total. The van der Waals surface area contributed by atoms with Crippen molar-refractivity contribution in [2.45, 2.75) is 13.3 Å². The van der Waals surface area contributed by atoms with Crippen LogP contribution in [0.2, 0.25) is 0 Å². The van der Waals surface area contributed by atoms with Crippen LogP contribution >= 0.6 is 0 Å². The van der Waals surface area contributed by atoms with Crippen molar-refractivity contribution in [3.8, 4) is 0 Å². The van der Waals surface area contributed by atoms with E-state index in [0.717, 1.165) is 6.42 Å². The fourth-order valence-electron chi connectivity index (χ4n) is 0.657. The monoisotopic (exact) mass is 147 g/mol. The summed E-state index contributed by atoms with van der Waals surface area (Å²) in [4.78, 5) is 0. The van der Waals surface area contributed by atoms with Crippen molar-refractivity contribution < 1.29 is 0 Å². The molecule has 0 spiro atoms. The molecule has 1 radical (unpaired) electrons. The van der Waals surface area contributed by atoms with Gasteiger partial charge in [0.15, 0.2) is 0 Å². The Morgan fingerprint density at radius 2 is 1.89 bits per heavy atom. The van der Waals surface area contributed by atoms with Gasteiger partial charge in [0.2, 0.25) is 0 Å². The zero-order valence-electron chi connectivity index (χ0n) is 5.02. The van der Waals surface area contributed by atoms with Crippen molar-refractivity contribution in [3.05, 3.63) is 35.9 Å². The van der Waals surface area contributed by atoms with Gasteiger partial charge >= 0.3 is 37.7 Å². The van der Waals surface area contributed by atoms with Crippen LogP contribution in [0.1, 0.15) is 12.5 Å². The van der Waals surface area contributed by atoms with E-state index in [0.29, 0.717) is 0 Å². The fourth-order valence-corrected chi connectivity index (χ4v) is 0.657. The van der Waals surface area contributed by atoms with Crippen LogP contribution in [0.3, 0.4) is 0 Å². The minimum absolute atomic E-state index is 0. The topological polar surface area (TPSA) is 0 Å². The number of benzene rings is 1. The normalized spacial score (nSPS) is 8.11. The standard InChI is InChI=1S/C8H9.Ca.2H/c1-2-8-6-4-3-5-7-8;;;/h4-7H,2H2,1H3;;;. The first-order valence-electron chi connectivity index (χ1n) is 2.88. The first-order valence-corrected chi connectivity index (χ1v) is 2.88. The second-order valence-electron chi connectivity index (χ2n) is 1.76. The van der Waals surface area contributed by atoms with Gasteiger partial charge in [-0.2, -0.15) is 0 Å². The van der Waals surface area contributed by atoms with Crippen LogP contribution in [0.15, 0.2) is 24.3 Å². The van der Waals surface area contributed by atoms with Crippen LogP contribution in [-0.2, 0) is 6.42 Å². The van der Waals surface area contributed by atoms with Crippen molar-refractivity contribution in [3.63, 3.8) is 0 Å². The quantitative estimate of drug-likeness (QED) is 0.522. The molecule has 1 aromatic carbocycles. The molecule has 1 aromatic rings. The zero-order valence-corrected chi connectivity index (χ0v) is 5.02. The molecule has 0 aliphatic heterocycles. The maximum atomic E-state index is 2.97. The summed E-state index contributed by atoms with van der Waals surface area (Å²) < 4.78 is 0. The SMILES string of the molecule is CCc1cc[c]cc1.[CaH2]. The Hall–Kier alpha value is 0.480. The first kappa shape index (κ1) is 9.48. The Kier molecular flexibility index (Phi) is 5.56. The van der Waals surface area contributed by atoms with E-state index in [1.165, 1.54) is 5.56 Å². The van der Waals surface area contributed by atoms with Crippen molar-refractivity contribution in [2.24, 2.45) is 0 Å². The average molecular weight is 147 g/mol. The third-order valence-corrected chi connectivity index (χ3v) is 1.20. The summed E-state index contributed by atoms with van der Waals surface area (Å²) >= 11 is 0. The van der Waals surface area contributed by atoms with E-state index in [2.05, 4.69) is 25.1 Å². The van der Waals surface area contributed by atoms with Crippen LogP contribution in [-0.4, -0.2) is 37.7 Å². The van der Waals surface area contributed by atoms with Crippen LogP contribution in [0.4, 0.5) is 0 Å². The number of hydrogen-bond acceptors (Lipinski definition) is 0. The van der Waals surface area contributed by atoms with E-state index in [9.17, 15) is 0 Å². The van der Waals surface area contributed by atoms with Crippen molar-refractivity contribution >= 4 is 37.7 Å². The Labute approximate surface area is 86.3 Å². The van der Waals surface area contributed by atoms with Crippen LogP contribution in [0.5, 0.6) is 0 Å². The summed E-state index contributed by atoms with van der Waals surface area (Å²) in [6.45, 7) is 2.15. The van der Waals surface area contributed by atoms with Crippen molar-refractivity contribution in [1.29, 1.82) is 0 Å². The van der Waals surface area contributed by atoms with Gasteiger partial charge in [-0.25, -0.2) is 0 Å². The summed E-state index contributed by atoms with van der Waals surface area (Å²) in [6.07, 6.45) is 1.12. The zero-order chi connectivity index (χ0) is 5.82. The molecule has 0 unspecified atom stereocenters. The summed E-state index contributed by atoms with van der Waals surface area (Å²) in [7, 11) is 0. The molecule has 0 nitrogen and oxygen atoms in total. The molecule has 0 saturated heterocycles. The van der Waals surface area contributed by atoms with E-state index in [4.69, 9.17) is 0 Å². The maximum absolute atomic E-state index is 2.97. The molecular formula is C8H11Ca. The molecule has 0 atom stereocenters. The van der Waals surface area contributed by atoms with Crippen LogP contribution < -0.4 is 0 Å². The number of rotatable bonds is 1. The van der Waals surface area contributed by atoms with Gasteiger partial charge in [-0.15, -0.1) is 0 Å². The number of aryl methyl sites for hydroxylation is 1.